The van der Waals surface area contributed by atoms with Gasteiger partial charge in [0, 0.05) is 24.0 Å². The summed E-state index contributed by atoms with van der Waals surface area (Å²) in [6.07, 6.45) is 5.96. The minimum absolute atomic E-state index is 0.309. The first-order valence-electron chi connectivity index (χ1n) is 6.39. The zero-order chi connectivity index (χ0) is 13.8. The van der Waals surface area contributed by atoms with Crippen LogP contribution in [0, 0.1) is 0 Å². The quantitative estimate of drug-likeness (QED) is 0.784. The van der Waals surface area contributed by atoms with Gasteiger partial charge < -0.3 is 10.5 Å². The zero-order valence-electron chi connectivity index (χ0n) is 10.9. The number of aromatic nitrogens is 3. The number of fused-ring (bicyclic) bond motifs is 1. The summed E-state index contributed by atoms with van der Waals surface area (Å²) in [6.45, 7) is 0.580. The van der Waals surface area contributed by atoms with Crippen LogP contribution in [0.15, 0.2) is 48.9 Å². The molecular formula is C15H14N4O. The lowest BCUT2D eigenvalue weighted by molar-refractivity contribution is 0.445. The molecule has 2 N–H and O–H groups in total. The molecule has 0 amide bonds. The molecule has 0 radical (unpaired) electrons. The van der Waals surface area contributed by atoms with Crippen LogP contribution in [0.1, 0.15) is 5.56 Å². The molecule has 2 heterocycles. The smallest absolute Gasteiger partial charge is 0.321 e. The van der Waals surface area contributed by atoms with Crippen LogP contribution in [0.25, 0.3) is 10.9 Å². The van der Waals surface area contributed by atoms with Gasteiger partial charge in [0.25, 0.3) is 0 Å². The summed E-state index contributed by atoms with van der Waals surface area (Å²) in [4.78, 5) is 12.7. The minimum Gasteiger partial charge on any atom is -0.422 e. The normalized spacial score (nSPS) is 10.7. The number of rotatable bonds is 4. The molecule has 0 aliphatic rings. The van der Waals surface area contributed by atoms with Crippen LogP contribution < -0.4 is 10.5 Å². The lowest BCUT2D eigenvalue weighted by Gasteiger charge is -2.06. The molecule has 0 saturated carbocycles. The summed E-state index contributed by atoms with van der Waals surface area (Å²) in [5.74, 6) is 0.648. The number of benzene rings is 1. The van der Waals surface area contributed by atoms with Crippen molar-refractivity contribution in [2.24, 2.45) is 5.73 Å². The van der Waals surface area contributed by atoms with Gasteiger partial charge in [-0.1, -0.05) is 18.2 Å². The van der Waals surface area contributed by atoms with E-state index in [9.17, 15) is 0 Å². The Morgan fingerprint density at radius 1 is 1.00 bits per heavy atom. The van der Waals surface area contributed by atoms with E-state index in [-0.39, 0.29) is 0 Å². The van der Waals surface area contributed by atoms with Crippen LogP contribution in [0.3, 0.4) is 0 Å². The maximum absolute atomic E-state index is 5.71. The van der Waals surface area contributed by atoms with Gasteiger partial charge in [0.2, 0.25) is 0 Å². The second kappa shape index (κ2) is 5.63. The van der Waals surface area contributed by atoms with E-state index in [1.54, 1.807) is 18.6 Å². The van der Waals surface area contributed by atoms with E-state index in [1.165, 1.54) is 0 Å². The summed E-state index contributed by atoms with van der Waals surface area (Å²) in [6, 6.07) is 9.95. The summed E-state index contributed by atoms with van der Waals surface area (Å²) in [7, 11) is 0. The molecule has 0 aliphatic carbocycles. The molecule has 5 heteroatoms. The van der Waals surface area contributed by atoms with E-state index in [4.69, 9.17) is 10.5 Å². The average molecular weight is 266 g/mol. The van der Waals surface area contributed by atoms with Gasteiger partial charge in [-0.05, 0) is 30.7 Å². The largest absolute Gasteiger partial charge is 0.422 e. The SMILES string of the molecule is NCCc1cnc(Oc2cccc3cccnc23)nc1. The van der Waals surface area contributed by atoms with Gasteiger partial charge in [0.1, 0.15) is 5.52 Å². The van der Waals surface area contributed by atoms with Crippen molar-refractivity contribution in [3.05, 3.63) is 54.5 Å². The molecule has 2 aromatic heterocycles. The van der Waals surface area contributed by atoms with Gasteiger partial charge in [0.05, 0.1) is 0 Å². The zero-order valence-corrected chi connectivity index (χ0v) is 10.9. The molecule has 0 unspecified atom stereocenters. The van der Waals surface area contributed by atoms with Crippen LogP contribution in [0.5, 0.6) is 11.8 Å². The van der Waals surface area contributed by atoms with Gasteiger partial charge in [0.15, 0.2) is 5.75 Å². The van der Waals surface area contributed by atoms with Crippen LogP contribution in [0.4, 0.5) is 0 Å². The Balaban J connectivity index is 1.89. The lowest BCUT2D eigenvalue weighted by atomic mass is 10.2. The van der Waals surface area contributed by atoms with E-state index in [1.807, 2.05) is 30.3 Å². The second-order valence-electron chi connectivity index (χ2n) is 4.35. The van der Waals surface area contributed by atoms with Crippen LogP contribution in [-0.2, 0) is 6.42 Å². The molecule has 3 rings (SSSR count). The van der Waals surface area contributed by atoms with Crippen molar-refractivity contribution in [2.75, 3.05) is 6.54 Å². The molecule has 0 spiro atoms. The number of hydrogen-bond acceptors (Lipinski definition) is 5. The Bertz CT molecular complexity index is 707. The molecule has 3 aromatic rings. The summed E-state index contributed by atoms with van der Waals surface area (Å²) >= 11 is 0. The van der Waals surface area contributed by atoms with Crippen molar-refractivity contribution in [3.8, 4) is 11.8 Å². The summed E-state index contributed by atoms with van der Waals surface area (Å²) in [5.41, 5.74) is 7.28. The van der Waals surface area contributed by atoms with Crippen LogP contribution >= 0.6 is 0 Å². The first-order chi connectivity index (χ1) is 9.86. The maximum atomic E-state index is 5.71. The predicted molar refractivity (Wildman–Crippen MR) is 76.6 cm³/mol. The first kappa shape index (κ1) is 12.5. The van der Waals surface area contributed by atoms with Crippen LogP contribution in [0.2, 0.25) is 0 Å². The van der Waals surface area contributed by atoms with E-state index >= 15 is 0 Å². The predicted octanol–water partition coefficient (Wildman–Crippen LogP) is 2.32. The van der Waals surface area contributed by atoms with Crippen molar-refractivity contribution in [1.82, 2.24) is 15.0 Å². The van der Waals surface area contributed by atoms with Crippen molar-refractivity contribution in [2.45, 2.75) is 6.42 Å². The number of hydrogen-bond donors (Lipinski definition) is 1. The molecule has 0 saturated heterocycles. The number of pyridine rings is 1. The molecule has 5 nitrogen and oxygen atoms in total. The fourth-order valence-electron chi connectivity index (χ4n) is 1.95. The van der Waals surface area contributed by atoms with Crippen molar-refractivity contribution >= 4 is 10.9 Å². The van der Waals surface area contributed by atoms with Crippen molar-refractivity contribution in [1.29, 1.82) is 0 Å². The number of nitrogens with two attached hydrogens (primary N) is 1. The third-order valence-electron chi connectivity index (χ3n) is 2.91. The lowest BCUT2D eigenvalue weighted by Crippen LogP contribution is -2.03. The first-order valence-corrected chi connectivity index (χ1v) is 6.39. The van der Waals surface area contributed by atoms with Crippen molar-refractivity contribution < 1.29 is 4.74 Å². The highest BCUT2D eigenvalue weighted by atomic mass is 16.5. The van der Waals surface area contributed by atoms with Gasteiger partial charge >= 0.3 is 6.01 Å². The highest BCUT2D eigenvalue weighted by Crippen LogP contribution is 2.26. The summed E-state index contributed by atoms with van der Waals surface area (Å²) < 4.78 is 5.71. The third kappa shape index (κ3) is 2.57. The highest BCUT2D eigenvalue weighted by Gasteiger charge is 2.06. The number of ether oxygens (including phenoxy) is 1. The van der Waals surface area contributed by atoms with Gasteiger partial charge in [-0.2, -0.15) is 0 Å². The third-order valence-corrected chi connectivity index (χ3v) is 2.91. The second-order valence-corrected chi connectivity index (χ2v) is 4.35. The standard InChI is InChI=1S/C15H14N4O/c16-7-6-11-9-18-15(19-10-11)20-13-5-1-3-12-4-2-8-17-14(12)13/h1-5,8-10H,6-7,16H2. The topological polar surface area (TPSA) is 73.9 Å². The van der Waals surface area contributed by atoms with Gasteiger partial charge in [-0.15, -0.1) is 0 Å². The van der Waals surface area contributed by atoms with E-state index < -0.39 is 0 Å². The monoisotopic (exact) mass is 266 g/mol. The fourth-order valence-corrected chi connectivity index (χ4v) is 1.95. The Morgan fingerprint density at radius 2 is 1.80 bits per heavy atom. The molecule has 100 valence electrons. The molecule has 0 aliphatic heterocycles. The van der Waals surface area contributed by atoms with Gasteiger partial charge in [-0.25, -0.2) is 9.97 Å². The fraction of sp³-hybridized carbons (Fsp3) is 0.133. The molecule has 0 atom stereocenters. The average Bonchev–Trinajstić information content (AvgIpc) is 2.50. The number of para-hydroxylation sites is 1. The Labute approximate surface area is 116 Å². The maximum Gasteiger partial charge on any atom is 0.321 e. The molecule has 0 fully saturated rings. The Morgan fingerprint density at radius 3 is 2.60 bits per heavy atom. The number of nitrogens with zero attached hydrogens (tertiary/aromatic N) is 3. The minimum atomic E-state index is 0.309. The summed E-state index contributed by atoms with van der Waals surface area (Å²) in [5, 5.41) is 1.02. The molecular weight excluding hydrogens is 252 g/mol. The van der Waals surface area contributed by atoms with Crippen molar-refractivity contribution in [3.63, 3.8) is 0 Å². The van der Waals surface area contributed by atoms with E-state index in [2.05, 4.69) is 15.0 Å². The molecule has 0 bridgehead atoms. The van der Waals surface area contributed by atoms with Gasteiger partial charge in [-0.3, -0.25) is 4.98 Å². The van der Waals surface area contributed by atoms with E-state index in [0.29, 0.717) is 18.3 Å². The Kier molecular flexibility index (Phi) is 3.52. The Hall–Kier alpha value is -2.53. The molecule has 1 aromatic carbocycles. The van der Waals surface area contributed by atoms with Crippen LogP contribution in [-0.4, -0.2) is 21.5 Å². The highest BCUT2D eigenvalue weighted by molar-refractivity contribution is 5.84. The van der Waals surface area contributed by atoms with E-state index in [0.717, 1.165) is 22.9 Å². The molecule has 20 heavy (non-hydrogen) atoms.